The van der Waals surface area contributed by atoms with E-state index in [1.165, 1.54) is 18.2 Å². The first-order valence-corrected chi connectivity index (χ1v) is 8.01. The molecular formula is C19H19FN2O2. The van der Waals surface area contributed by atoms with Crippen LogP contribution in [0.3, 0.4) is 0 Å². The number of nitrogens with zero attached hydrogens (tertiary/aromatic N) is 1. The van der Waals surface area contributed by atoms with Crippen LogP contribution in [0.15, 0.2) is 54.6 Å². The van der Waals surface area contributed by atoms with Gasteiger partial charge in [-0.25, -0.2) is 4.39 Å². The second kappa shape index (κ2) is 6.43. The average Bonchev–Trinajstić information content (AvgIpc) is 3.38. The van der Waals surface area contributed by atoms with Crippen LogP contribution in [-0.4, -0.2) is 18.4 Å². The molecule has 2 aromatic carbocycles. The first-order chi connectivity index (χ1) is 11.6. The van der Waals surface area contributed by atoms with Gasteiger partial charge in [0.2, 0.25) is 11.8 Å². The number of amides is 2. The van der Waals surface area contributed by atoms with Crippen LogP contribution in [0.2, 0.25) is 0 Å². The van der Waals surface area contributed by atoms with Crippen molar-refractivity contribution in [1.82, 2.24) is 0 Å². The minimum absolute atomic E-state index is 0.204. The summed E-state index contributed by atoms with van der Waals surface area (Å²) in [5, 5.41) is 2.67. The Hall–Kier alpha value is -2.69. The Labute approximate surface area is 140 Å². The zero-order valence-corrected chi connectivity index (χ0v) is 13.5. The summed E-state index contributed by atoms with van der Waals surface area (Å²) in [6.07, 6.45) is 1.02. The zero-order chi connectivity index (χ0) is 17.2. The summed E-state index contributed by atoms with van der Waals surface area (Å²) in [6.45, 7) is 2.36. The van der Waals surface area contributed by atoms with E-state index >= 15 is 0 Å². The van der Waals surface area contributed by atoms with Crippen LogP contribution in [0.1, 0.15) is 19.8 Å². The van der Waals surface area contributed by atoms with Crippen LogP contribution in [0.4, 0.5) is 15.8 Å². The van der Waals surface area contributed by atoms with Gasteiger partial charge in [-0.05, 0) is 50.1 Å². The summed E-state index contributed by atoms with van der Waals surface area (Å²) in [7, 11) is 0. The van der Waals surface area contributed by atoms with E-state index in [0.717, 1.165) is 5.69 Å². The van der Waals surface area contributed by atoms with Gasteiger partial charge in [0.1, 0.15) is 11.2 Å². The molecule has 0 atom stereocenters. The highest BCUT2D eigenvalue weighted by Gasteiger charge is 2.58. The molecule has 1 N–H and O–H groups in total. The van der Waals surface area contributed by atoms with E-state index in [1.54, 1.807) is 11.0 Å². The van der Waals surface area contributed by atoms with E-state index < -0.39 is 11.2 Å². The Morgan fingerprint density at radius 3 is 2.42 bits per heavy atom. The number of rotatable bonds is 5. The number of carbonyl (C=O) groups excluding carboxylic acids is 2. The van der Waals surface area contributed by atoms with Crippen LogP contribution in [0.25, 0.3) is 0 Å². The van der Waals surface area contributed by atoms with Crippen LogP contribution < -0.4 is 10.2 Å². The topological polar surface area (TPSA) is 49.4 Å². The van der Waals surface area contributed by atoms with Gasteiger partial charge in [-0.1, -0.05) is 24.3 Å². The van der Waals surface area contributed by atoms with Crippen molar-refractivity contribution >= 4 is 23.2 Å². The molecule has 0 spiro atoms. The van der Waals surface area contributed by atoms with E-state index in [9.17, 15) is 14.0 Å². The quantitative estimate of drug-likeness (QED) is 0.854. The van der Waals surface area contributed by atoms with Crippen molar-refractivity contribution in [2.24, 2.45) is 5.41 Å². The molecule has 1 fully saturated rings. The summed E-state index contributed by atoms with van der Waals surface area (Å²) in [4.78, 5) is 27.2. The SMILES string of the molecule is CCN(C(=O)C1(C(=O)Nc2cccc(F)c2)CC1)c1ccccc1. The molecule has 2 amide bonds. The molecule has 0 saturated heterocycles. The van der Waals surface area contributed by atoms with Crippen LogP contribution in [0.5, 0.6) is 0 Å². The third-order valence-electron chi connectivity index (χ3n) is 4.31. The fourth-order valence-corrected chi connectivity index (χ4v) is 2.79. The molecule has 2 aromatic rings. The number of nitrogens with one attached hydrogen (secondary N) is 1. The molecule has 1 saturated carbocycles. The Bertz CT molecular complexity index is 757. The fraction of sp³-hybridized carbons (Fsp3) is 0.263. The number of hydrogen-bond acceptors (Lipinski definition) is 2. The average molecular weight is 326 g/mol. The lowest BCUT2D eigenvalue weighted by atomic mass is 10.0. The molecule has 0 aromatic heterocycles. The van der Waals surface area contributed by atoms with E-state index in [2.05, 4.69) is 5.32 Å². The van der Waals surface area contributed by atoms with Crippen LogP contribution in [0, 0.1) is 11.2 Å². The van der Waals surface area contributed by atoms with Crippen LogP contribution >= 0.6 is 0 Å². The van der Waals surface area contributed by atoms with Gasteiger partial charge < -0.3 is 10.2 Å². The molecule has 0 aliphatic heterocycles. The number of halogens is 1. The van der Waals surface area contributed by atoms with E-state index in [1.807, 2.05) is 37.3 Å². The fourth-order valence-electron chi connectivity index (χ4n) is 2.79. The Morgan fingerprint density at radius 2 is 1.83 bits per heavy atom. The van der Waals surface area contributed by atoms with Crippen LogP contribution in [-0.2, 0) is 9.59 Å². The summed E-state index contributed by atoms with van der Waals surface area (Å²) in [5.41, 5.74) is 0.0923. The van der Waals surface area contributed by atoms with Crippen molar-refractivity contribution in [2.75, 3.05) is 16.8 Å². The molecule has 24 heavy (non-hydrogen) atoms. The van der Waals surface area contributed by atoms with E-state index in [-0.39, 0.29) is 11.8 Å². The van der Waals surface area contributed by atoms with Gasteiger partial charge in [0.25, 0.3) is 0 Å². The first kappa shape index (κ1) is 16.2. The normalized spacial score (nSPS) is 14.8. The second-order valence-electron chi connectivity index (χ2n) is 5.93. The van der Waals surface area contributed by atoms with Gasteiger partial charge in [-0.3, -0.25) is 9.59 Å². The largest absolute Gasteiger partial charge is 0.325 e. The summed E-state index contributed by atoms with van der Waals surface area (Å²) in [5.74, 6) is -0.999. The van der Waals surface area contributed by atoms with Crippen molar-refractivity contribution in [3.05, 3.63) is 60.4 Å². The maximum Gasteiger partial charge on any atom is 0.242 e. The number of carbonyl (C=O) groups is 2. The molecule has 5 heteroatoms. The highest BCUT2D eigenvalue weighted by Crippen LogP contribution is 2.48. The van der Waals surface area contributed by atoms with Gasteiger partial charge in [0, 0.05) is 17.9 Å². The minimum Gasteiger partial charge on any atom is -0.325 e. The molecule has 0 radical (unpaired) electrons. The molecule has 1 aliphatic rings. The predicted molar refractivity (Wildman–Crippen MR) is 91.2 cm³/mol. The standard InChI is InChI=1S/C19H19FN2O2/c1-2-22(16-9-4-3-5-10-16)18(24)19(11-12-19)17(23)21-15-8-6-7-14(20)13-15/h3-10,13H,2,11-12H2,1H3,(H,21,23). The summed E-state index contributed by atoms with van der Waals surface area (Å²) >= 11 is 0. The van der Waals surface area contributed by atoms with E-state index in [0.29, 0.717) is 25.1 Å². The minimum atomic E-state index is -1.04. The number of anilines is 2. The molecule has 1 aliphatic carbocycles. The Balaban J connectivity index is 1.79. The van der Waals surface area contributed by atoms with Gasteiger partial charge in [-0.15, -0.1) is 0 Å². The molecule has 0 unspecified atom stereocenters. The van der Waals surface area contributed by atoms with Crippen molar-refractivity contribution < 1.29 is 14.0 Å². The van der Waals surface area contributed by atoms with Crippen molar-refractivity contribution in [3.63, 3.8) is 0 Å². The van der Waals surface area contributed by atoms with Crippen molar-refractivity contribution in [1.29, 1.82) is 0 Å². The highest BCUT2D eigenvalue weighted by molar-refractivity contribution is 6.17. The zero-order valence-electron chi connectivity index (χ0n) is 13.5. The highest BCUT2D eigenvalue weighted by atomic mass is 19.1. The maximum atomic E-state index is 13.3. The number of benzene rings is 2. The van der Waals surface area contributed by atoms with Gasteiger partial charge in [0.15, 0.2) is 0 Å². The lowest BCUT2D eigenvalue weighted by Gasteiger charge is -2.26. The Morgan fingerprint density at radius 1 is 1.12 bits per heavy atom. The molecule has 4 nitrogen and oxygen atoms in total. The van der Waals surface area contributed by atoms with Gasteiger partial charge in [-0.2, -0.15) is 0 Å². The monoisotopic (exact) mass is 326 g/mol. The maximum absolute atomic E-state index is 13.3. The molecule has 3 rings (SSSR count). The third-order valence-corrected chi connectivity index (χ3v) is 4.31. The molecule has 0 bridgehead atoms. The van der Waals surface area contributed by atoms with Crippen molar-refractivity contribution in [2.45, 2.75) is 19.8 Å². The third kappa shape index (κ3) is 3.02. The molecule has 124 valence electrons. The number of para-hydroxylation sites is 1. The molecular weight excluding hydrogens is 307 g/mol. The summed E-state index contributed by atoms with van der Waals surface area (Å²) in [6, 6.07) is 15.0. The smallest absolute Gasteiger partial charge is 0.242 e. The summed E-state index contributed by atoms with van der Waals surface area (Å²) < 4.78 is 13.3. The second-order valence-corrected chi connectivity index (χ2v) is 5.93. The number of hydrogen-bond donors (Lipinski definition) is 1. The van der Waals surface area contributed by atoms with Gasteiger partial charge in [0.05, 0.1) is 0 Å². The van der Waals surface area contributed by atoms with E-state index in [4.69, 9.17) is 0 Å². The molecule has 0 heterocycles. The predicted octanol–water partition coefficient (Wildman–Crippen LogP) is 3.60. The van der Waals surface area contributed by atoms with Crippen molar-refractivity contribution in [3.8, 4) is 0 Å². The first-order valence-electron chi connectivity index (χ1n) is 8.01. The van der Waals surface area contributed by atoms with Gasteiger partial charge >= 0.3 is 0 Å². The Kier molecular flexibility index (Phi) is 4.34. The lowest BCUT2D eigenvalue weighted by molar-refractivity contribution is -0.132. The lowest BCUT2D eigenvalue weighted by Crippen LogP contribution is -2.43.